The van der Waals surface area contributed by atoms with Crippen LogP contribution in [0.25, 0.3) is 0 Å². The largest absolute Gasteiger partial charge is 0.508 e. The van der Waals surface area contributed by atoms with Gasteiger partial charge in [0.05, 0.1) is 6.61 Å². The Balaban J connectivity index is 1.96. The smallest absolute Gasteiger partial charge is 0.127 e. The summed E-state index contributed by atoms with van der Waals surface area (Å²) in [4.78, 5) is 0. The fourth-order valence-corrected chi connectivity index (χ4v) is 4.37. The Morgan fingerprint density at radius 2 is 2.04 bits per heavy atom. The lowest BCUT2D eigenvalue weighted by molar-refractivity contribution is 0.00673. The Morgan fingerprint density at radius 1 is 1.25 bits per heavy atom. The number of aryl methyl sites for hydroxylation is 1. The third-order valence-electron chi connectivity index (χ3n) is 5.72. The van der Waals surface area contributed by atoms with Crippen LogP contribution in [0.15, 0.2) is 23.8 Å². The second-order valence-electron chi connectivity index (χ2n) is 7.86. The summed E-state index contributed by atoms with van der Waals surface area (Å²) in [5, 5.41) is 20.2. The van der Waals surface area contributed by atoms with Gasteiger partial charge in [0.1, 0.15) is 17.1 Å². The first-order chi connectivity index (χ1) is 11.5. The maximum absolute atomic E-state index is 10.7. The molecule has 0 spiro atoms. The van der Waals surface area contributed by atoms with Gasteiger partial charge in [-0.05, 0) is 62.8 Å². The van der Waals surface area contributed by atoms with E-state index in [2.05, 4.69) is 32.9 Å². The van der Waals surface area contributed by atoms with Crippen LogP contribution in [0.1, 0.15) is 69.9 Å². The zero-order chi connectivity index (χ0) is 17.3. The summed E-state index contributed by atoms with van der Waals surface area (Å²) in [7, 11) is 0. The lowest BCUT2D eigenvalue weighted by atomic mass is 9.67. The van der Waals surface area contributed by atoms with Crippen LogP contribution in [0, 0.1) is 5.92 Å². The van der Waals surface area contributed by atoms with Crippen LogP contribution < -0.4 is 4.74 Å². The van der Waals surface area contributed by atoms with E-state index in [1.165, 1.54) is 12.8 Å². The van der Waals surface area contributed by atoms with Gasteiger partial charge in [-0.2, -0.15) is 0 Å². The van der Waals surface area contributed by atoms with Crippen LogP contribution in [0.4, 0.5) is 0 Å². The molecule has 2 aliphatic rings. The highest BCUT2D eigenvalue weighted by molar-refractivity contribution is 5.52. The standard InChI is InChI=1S/C21H30O3/c1-4-5-6-7-14-11-18(23)20-16-10-15(13-22)8-9-17(16)21(2,3)24-19(20)12-14/h8,11-12,16-17,22-23H,4-7,9-10,13H2,1-3H3/t16-,17-/m1/s1. The van der Waals surface area contributed by atoms with Crippen LogP contribution in [-0.2, 0) is 6.42 Å². The molecule has 0 saturated carbocycles. The van der Waals surface area contributed by atoms with Crippen molar-refractivity contribution in [3.63, 3.8) is 0 Å². The van der Waals surface area contributed by atoms with E-state index in [4.69, 9.17) is 4.74 Å². The number of phenolic OH excluding ortho intramolecular Hbond substituents is 1. The molecule has 3 rings (SSSR count). The van der Waals surface area contributed by atoms with E-state index in [1.54, 1.807) is 0 Å². The molecule has 1 aromatic carbocycles. The molecule has 132 valence electrons. The van der Waals surface area contributed by atoms with E-state index in [1.807, 2.05) is 6.07 Å². The van der Waals surface area contributed by atoms with Crippen LogP contribution in [0.2, 0.25) is 0 Å². The quantitative estimate of drug-likeness (QED) is 0.607. The number of unbranched alkanes of at least 4 members (excludes halogenated alkanes) is 2. The Labute approximate surface area is 145 Å². The van der Waals surface area contributed by atoms with Crippen molar-refractivity contribution in [1.29, 1.82) is 0 Å². The number of fused-ring (bicyclic) bond motifs is 3. The van der Waals surface area contributed by atoms with Gasteiger partial charge in [-0.15, -0.1) is 0 Å². The third kappa shape index (κ3) is 3.19. The average Bonchev–Trinajstić information content (AvgIpc) is 2.53. The second kappa shape index (κ2) is 6.79. The molecule has 0 aromatic heterocycles. The first kappa shape index (κ1) is 17.3. The zero-order valence-corrected chi connectivity index (χ0v) is 15.1. The number of allylic oxidation sites excluding steroid dienone is 1. The molecular formula is C21H30O3. The van der Waals surface area contributed by atoms with Crippen LogP contribution in [-0.4, -0.2) is 22.4 Å². The molecule has 2 atom stereocenters. The number of aliphatic hydroxyl groups excluding tert-OH is 1. The van der Waals surface area contributed by atoms with Crippen molar-refractivity contribution in [2.45, 2.75) is 70.8 Å². The van der Waals surface area contributed by atoms with Crippen molar-refractivity contribution in [1.82, 2.24) is 0 Å². The minimum atomic E-state index is -0.260. The first-order valence-corrected chi connectivity index (χ1v) is 9.29. The predicted molar refractivity (Wildman–Crippen MR) is 96.7 cm³/mol. The van der Waals surface area contributed by atoms with E-state index in [0.29, 0.717) is 11.7 Å². The summed E-state index contributed by atoms with van der Waals surface area (Å²) < 4.78 is 6.33. The fraction of sp³-hybridized carbons (Fsp3) is 0.619. The normalized spacial score (nSPS) is 24.6. The van der Waals surface area contributed by atoms with Gasteiger partial charge >= 0.3 is 0 Å². The Bertz CT molecular complexity index is 630. The summed E-state index contributed by atoms with van der Waals surface area (Å²) in [6, 6.07) is 4.05. The van der Waals surface area contributed by atoms with Crippen molar-refractivity contribution in [3.8, 4) is 11.5 Å². The summed E-state index contributed by atoms with van der Waals surface area (Å²) in [5.41, 5.74) is 2.91. The molecule has 0 radical (unpaired) electrons. The number of hydrogen-bond donors (Lipinski definition) is 2. The lowest BCUT2D eigenvalue weighted by Gasteiger charge is -2.47. The van der Waals surface area contributed by atoms with Crippen molar-refractivity contribution in [2.75, 3.05) is 6.61 Å². The zero-order valence-electron chi connectivity index (χ0n) is 15.1. The van der Waals surface area contributed by atoms with Gasteiger partial charge in [0, 0.05) is 17.4 Å². The molecular weight excluding hydrogens is 300 g/mol. The van der Waals surface area contributed by atoms with Crippen molar-refractivity contribution >= 4 is 0 Å². The second-order valence-corrected chi connectivity index (χ2v) is 7.86. The number of aromatic hydroxyl groups is 1. The van der Waals surface area contributed by atoms with E-state index < -0.39 is 0 Å². The highest BCUT2D eigenvalue weighted by Crippen LogP contribution is 2.54. The molecule has 1 aliphatic carbocycles. The van der Waals surface area contributed by atoms with Gasteiger partial charge in [0.2, 0.25) is 0 Å². The van der Waals surface area contributed by atoms with Crippen LogP contribution in [0.3, 0.4) is 0 Å². The Kier molecular flexibility index (Phi) is 4.91. The molecule has 0 bridgehead atoms. The maximum Gasteiger partial charge on any atom is 0.127 e. The highest BCUT2D eigenvalue weighted by Gasteiger charge is 2.45. The number of rotatable bonds is 5. The van der Waals surface area contributed by atoms with E-state index in [-0.39, 0.29) is 18.1 Å². The van der Waals surface area contributed by atoms with Gasteiger partial charge in [0.25, 0.3) is 0 Å². The van der Waals surface area contributed by atoms with Gasteiger partial charge in [-0.25, -0.2) is 0 Å². The monoisotopic (exact) mass is 330 g/mol. The van der Waals surface area contributed by atoms with Crippen molar-refractivity contribution in [2.24, 2.45) is 5.92 Å². The molecule has 1 aliphatic heterocycles. The first-order valence-electron chi connectivity index (χ1n) is 9.29. The maximum atomic E-state index is 10.7. The summed E-state index contributed by atoms with van der Waals surface area (Å²) in [6.45, 7) is 6.60. The Hall–Kier alpha value is -1.48. The fourth-order valence-electron chi connectivity index (χ4n) is 4.37. The summed E-state index contributed by atoms with van der Waals surface area (Å²) in [6.07, 6.45) is 8.37. The number of benzene rings is 1. The topological polar surface area (TPSA) is 49.7 Å². The van der Waals surface area contributed by atoms with Crippen LogP contribution >= 0.6 is 0 Å². The summed E-state index contributed by atoms with van der Waals surface area (Å²) in [5.74, 6) is 1.76. The molecule has 1 heterocycles. The number of aliphatic hydroxyl groups is 1. The average molecular weight is 330 g/mol. The molecule has 0 amide bonds. The minimum absolute atomic E-state index is 0.107. The molecule has 0 unspecified atom stereocenters. The molecule has 0 fully saturated rings. The molecule has 3 nitrogen and oxygen atoms in total. The molecule has 1 aromatic rings. The molecule has 2 N–H and O–H groups in total. The van der Waals surface area contributed by atoms with Gasteiger partial charge in [-0.3, -0.25) is 0 Å². The van der Waals surface area contributed by atoms with Gasteiger partial charge in [-0.1, -0.05) is 25.8 Å². The minimum Gasteiger partial charge on any atom is -0.508 e. The molecule has 0 saturated heterocycles. The van der Waals surface area contributed by atoms with Gasteiger partial charge < -0.3 is 14.9 Å². The van der Waals surface area contributed by atoms with Crippen LogP contribution in [0.5, 0.6) is 11.5 Å². The SMILES string of the molecule is CCCCCc1cc(O)c2c(c1)OC(C)(C)[C@@H]1CC=C(CO)C[C@@H]21. The van der Waals surface area contributed by atoms with Crippen molar-refractivity contribution in [3.05, 3.63) is 34.9 Å². The van der Waals surface area contributed by atoms with E-state index >= 15 is 0 Å². The molecule has 3 heteroatoms. The number of phenols is 1. The lowest BCUT2D eigenvalue weighted by Crippen LogP contribution is -2.45. The summed E-state index contributed by atoms with van der Waals surface area (Å²) >= 11 is 0. The van der Waals surface area contributed by atoms with Crippen molar-refractivity contribution < 1.29 is 14.9 Å². The predicted octanol–water partition coefficient (Wildman–Crippen LogP) is 4.71. The Morgan fingerprint density at radius 3 is 2.75 bits per heavy atom. The third-order valence-corrected chi connectivity index (χ3v) is 5.72. The number of ether oxygens (including phenoxy) is 1. The highest BCUT2D eigenvalue weighted by atomic mass is 16.5. The van der Waals surface area contributed by atoms with E-state index in [0.717, 1.165) is 48.1 Å². The van der Waals surface area contributed by atoms with E-state index in [9.17, 15) is 10.2 Å². The molecule has 24 heavy (non-hydrogen) atoms. The van der Waals surface area contributed by atoms with Gasteiger partial charge in [0.15, 0.2) is 0 Å². The number of hydrogen-bond acceptors (Lipinski definition) is 3.